The summed E-state index contributed by atoms with van der Waals surface area (Å²) in [5.74, 6) is 11.3. The number of hydrogen-bond acceptors (Lipinski definition) is 4. The van der Waals surface area contributed by atoms with Crippen LogP contribution in [-0.4, -0.2) is 38.5 Å². The number of azide groups is 2. The number of nitrogens with zero attached hydrogens (tertiary/aromatic N) is 6. The Morgan fingerprint density at radius 3 is 1.77 bits per heavy atom. The summed E-state index contributed by atoms with van der Waals surface area (Å²) in [6.45, 7) is 31.7. The topological polar surface area (TPSA) is 116 Å². The lowest BCUT2D eigenvalue weighted by molar-refractivity contribution is -0.234. The second-order valence-electron chi connectivity index (χ2n) is 27.1. The van der Waals surface area contributed by atoms with Gasteiger partial charge in [0.1, 0.15) is 0 Å². The van der Waals surface area contributed by atoms with Crippen LogP contribution in [0, 0.1) is 116 Å². The van der Waals surface area contributed by atoms with Gasteiger partial charge >= 0.3 is 0 Å². The summed E-state index contributed by atoms with van der Waals surface area (Å²) >= 11 is 0. The van der Waals surface area contributed by atoms with Crippen molar-refractivity contribution in [3.05, 3.63) is 20.9 Å². The summed E-state index contributed by atoms with van der Waals surface area (Å²) in [5, 5.41) is 7.79. The molecule has 0 aromatic carbocycles. The first-order chi connectivity index (χ1) is 31.5. The van der Waals surface area contributed by atoms with Gasteiger partial charge in [0.2, 0.25) is 0 Å². The maximum absolute atomic E-state index is 9.09. The van der Waals surface area contributed by atoms with Crippen molar-refractivity contribution in [2.45, 2.75) is 223 Å². The van der Waals surface area contributed by atoms with Crippen molar-refractivity contribution >= 4 is 0 Å². The zero-order valence-corrected chi connectivity index (χ0v) is 44.5. The van der Waals surface area contributed by atoms with Gasteiger partial charge in [0.05, 0.1) is 12.2 Å². The van der Waals surface area contributed by atoms with Crippen LogP contribution >= 0.6 is 0 Å². The van der Waals surface area contributed by atoms with Crippen LogP contribution < -0.4 is 0 Å². The van der Waals surface area contributed by atoms with E-state index < -0.39 is 0 Å². The van der Waals surface area contributed by atoms with Gasteiger partial charge in [-0.1, -0.05) is 125 Å². The first-order valence-electron chi connectivity index (χ1n) is 28.8. The van der Waals surface area contributed by atoms with Crippen LogP contribution in [0.4, 0.5) is 0 Å². The predicted molar refractivity (Wildman–Crippen MR) is 271 cm³/mol. The van der Waals surface area contributed by atoms with Crippen LogP contribution in [0.25, 0.3) is 20.9 Å². The van der Waals surface area contributed by atoms with Crippen molar-refractivity contribution in [1.82, 2.24) is 0 Å². The second-order valence-corrected chi connectivity index (χ2v) is 27.1. The Morgan fingerprint density at radius 2 is 1.17 bits per heavy atom. The number of rotatable bonds is 18. The van der Waals surface area contributed by atoms with E-state index in [9.17, 15) is 0 Å². The van der Waals surface area contributed by atoms with Gasteiger partial charge in [-0.05, 0) is 223 Å². The molecule has 0 radical (unpaired) electrons. The largest absolute Gasteiger partial charge is 0.378 e. The van der Waals surface area contributed by atoms with E-state index in [4.69, 9.17) is 20.5 Å². The fraction of sp³-hybridized carbons (Fsp3) is 1.00. The molecule has 8 heteroatoms. The van der Waals surface area contributed by atoms with Crippen molar-refractivity contribution in [2.75, 3.05) is 26.3 Å². The SMILES string of the molecule is CCC[C@@H](C)[C@H]1CC[C@H]2C3[C@H](OCCCN=[N+]=[N-])CC4(CCC[C@@H](C)[C@H]5CC[C@H]6C7[C@H](OCCCN=[N+]=[N-])CC8C[C@H](C)CC[C@]8(C)[C@H]7C[C@H](C)[C@]56C)C[C@H](C)CC[C@]4(C)[C@H]3C[C@H](C)[C@]12C. The predicted octanol–water partition coefficient (Wildman–Crippen LogP) is 17.1. The van der Waals surface area contributed by atoms with E-state index >= 15 is 0 Å². The minimum atomic E-state index is 0.318. The van der Waals surface area contributed by atoms with Gasteiger partial charge in [-0.25, -0.2) is 0 Å². The molecule has 4 unspecified atom stereocenters. The third-order valence-electron chi connectivity index (χ3n) is 24.5. The van der Waals surface area contributed by atoms with Gasteiger partial charge < -0.3 is 9.47 Å². The molecule has 8 nitrogen and oxygen atoms in total. The van der Waals surface area contributed by atoms with Crippen LogP contribution in [0.2, 0.25) is 0 Å². The Labute approximate surface area is 404 Å². The van der Waals surface area contributed by atoms with Crippen LogP contribution in [0.5, 0.6) is 0 Å². The molecule has 66 heavy (non-hydrogen) atoms. The highest BCUT2D eigenvalue weighted by atomic mass is 16.5. The summed E-state index contributed by atoms with van der Waals surface area (Å²) in [7, 11) is 0. The Morgan fingerprint density at radius 1 is 0.606 bits per heavy atom. The fourth-order valence-electron chi connectivity index (χ4n) is 21.0. The van der Waals surface area contributed by atoms with Crippen molar-refractivity contribution in [3.63, 3.8) is 0 Å². The smallest absolute Gasteiger partial charge is 0.0614 e. The molecule has 0 aromatic rings. The van der Waals surface area contributed by atoms with E-state index in [-0.39, 0.29) is 0 Å². The molecule has 8 aliphatic rings. The first kappa shape index (κ1) is 50.9. The summed E-state index contributed by atoms with van der Waals surface area (Å²) in [6, 6.07) is 0. The molecular formula is C58H100N6O2. The Bertz CT molecular complexity index is 1750. The Balaban J connectivity index is 1.02. The number of ether oxygens (including phenoxy) is 2. The average Bonchev–Trinajstić information content (AvgIpc) is 3.83. The Kier molecular flexibility index (Phi) is 15.7. The summed E-state index contributed by atoms with van der Waals surface area (Å²) in [4.78, 5) is 6.12. The molecule has 374 valence electrons. The maximum atomic E-state index is 9.09. The highest BCUT2D eigenvalue weighted by molar-refractivity contribution is 5.18. The highest BCUT2D eigenvalue weighted by Gasteiger charge is 2.69. The van der Waals surface area contributed by atoms with Crippen LogP contribution in [0.15, 0.2) is 10.2 Å². The van der Waals surface area contributed by atoms with E-state index in [1.165, 1.54) is 122 Å². The monoisotopic (exact) mass is 913 g/mol. The van der Waals surface area contributed by atoms with E-state index in [0.29, 0.717) is 64.2 Å². The normalized spacial score (nSPS) is 49.1. The summed E-state index contributed by atoms with van der Waals surface area (Å²) in [6.07, 6.45) is 28.2. The zero-order chi connectivity index (χ0) is 47.2. The van der Waals surface area contributed by atoms with E-state index in [2.05, 4.69) is 96.2 Å². The molecule has 0 amide bonds. The molecule has 0 heterocycles. The first-order valence-corrected chi connectivity index (χ1v) is 28.8. The standard InChI is InChI=1S/C58H100N6O2/c1-12-16-39(4)44-18-21-47-53-49(33-42(7)57(44,47)11)55(9)26-23-38(3)35-58(55,36-51(53)66-30-15-28-62-64-60)24-13-17-40(5)45-19-20-46-52-48(32-41(6)56(45,46)10)54(8)25-22-37(2)31-43(54)34-50(52)65-29-14-27-61-63-59/h37-53H,12-36H2,1-11H3/t37-,38-,39-,40-,41+,42+,43?,44-,45-,46+,47+,48+,49+,50-,51-,52?,53?,54+,55-,56-,57-,58?/m1/s1. The van der Waals surface area contributed by atoms with Gasteiger partial charge in [0, 0.05) is 36.1 Å². The van der Waals surface area contributed by atoms with Crippen LogP contribution in [0.1, 0.15) is 211 Å². The van der Waals surface area contributed by atoms with Crippen LogP contribution in [-0.2, 0) is 9.47 Å². The Hall–Kier alpha value is -1.46. The molecule has 22 atom stereocenters. The second kappa shape index (κ2) is 20.3. The minimum absolute atomic E-state index is 0.318. The van der Waals surface area contributed by atoms with Gasteiger partial charge in [-0.15, -0.1) is 0 Å². The highest BCUT2D eigenvalue weighted by Crippen LogP contribution is 2.75. The van der Waals surface area contributed by atoms with Gasteiger partial charge in [0.15, 0.2) is 0 Å². The van der Waals surface area contributed by atoms with Gasteiger partial charge in [-0.3, -0.25) is 0 Å². The molecular weight excluding hydrogens is 813 g/mol. The van der Waals surface area contributed by atoms with E-state index in [1.807, 2.05) is 0 Å². The van der Waals surface area contributed by atoms with Crippen molar-refractivity contribution in [3.8, 4) is 0 Å². The molecule has 0 aliphatic heterocycles. The molecule has 8 rings (SSSR count). The molecule has 8 fully saturated rings. The molecule has 0 N–H and O–H groups in total. The molecule has 0 saturated heterocycles. The quantitative estimate of drug-likeness (QED) is 0.0589. The summed E-state index contributed by atoms with van der Waals surface area (Å²) in [5.41, 5.74) is 19.9. The minimum Gasteiger partial charge on any atom is -0.378 e. The average molecular weight is 913 g/mol. The molecule has 0 bridgehead atoms. The molecule has 0 spiro atoms. The molecule has 0 aromatic heterocycles. The maximum Gasteiger partial charge on any atom is 0.0614 e. The zero-order valence-electron chi connectivity index (χ0n) is 44.5. The lowest BCUT2D eigenvalue weighted by Gasteiger charge is -2.69. The van der Waals surface area contributed by atoms with Gasteiger partial charge in [0.25, 0.3) is 0 Å². The van der Waals surface area contributed by atoms with Crippen molar-refractivity contribution < 1.29 is 9.47 Å². The van der Waals surface area contributed by atoms with Crippen molar-refractivity contribution in [2.24, 2.45) is 126 Å². The number of fused-ring (bicyclic) bond motifs is 10. The van der Waals surface area contributed by atoms with Crippen molar-refractivity contribution in [1.29, 1.82) is 0 Å². The van der Waals surface area contributed by atoms with E-state index in [1.54, 1.807) is 0 Å². The van der Waals surface area contributed by atoms with E-state index in [0.717, 1.165) is 103 Å². The summed E-state index contributed by atoms with van der Waals surface area (Å²) < 4.78 is 14.4. The van der Waals surface area contributed by atoms with Crippen LogP contribution in [0.3, 0.4) is 0 Å². The third-order valence-corrected chi connectivity index (χ3v) is 24.5. The number of hydrogen-bond donors (Lipinski definition) is 0. The molecule has 8 aliphatic carbocycles. The third kappa shape index (κ3) is 8.64. The lowest BCUT2D eigenvalue weighted by Crippen LogP contribution is -2.64. The van der Waals surface area contributed by atoms with Gasteiger partial charge in [-0.2, -0.15) is 0 Å². The lowest BCUT2D eigenvalue weighted by atomic mass is 9.36. The molecule has 8 saturated carbocycles. The fourth-order valence-corrected chi connectivity index (χ4v) is 21.0.